The molecular weight excluding hydrogens is 545 g/mol. The van der Waals surface area contributed by atoms with Gasteiger partial charge in [0.25, 0.3) is 0 Å². The lowest BCUT2D eigenvalue weighted by Crippen LogP contribution is -2.53. The van der Waals surface area contributed by atoms with Gasteiger partial charge in [-0.3, -0.25) is 9.59 Å². The van der Waals surface area contributed by atoms with Gasteiger partial charge in [0.1, 0.15) is 6.04 Å². The molecule has 1 fully saturated rings. The fourth-order valence-corrected chi connectivity index (χ4v) is 5.84. The zero-order chi connectivity index (χ0) is 26.5. The summed E-state index contributed by atoms with van der Waals surface area (Å²) in [7, 11) is -2.62. The van der Waals surface area contributed by atoms with Crippen molar-refractivity contribution >= 4 is 56.6 Å². The van der Waals surface area contributed by atoms with Gasteiger partial charge in [-0.1, -0.05) is 60.6 Å². The second-order valence-corrected chi connectivity index (χ2v) is 12.2. The van der Waals surface area contributed by atoms with E-state index in [2.05, 4.69) is 5.32 Å². The van der Waals surface area contributed by atoms with E-state index in [1.165, 1.54) is 36.2 Å². The van der Waals surface area contributed by atoms with Crippen LogP contribution in [0.5, 0.6) is 0 Å². The Bertz CT molecular complexity index is 1190. The molecule has 196 valence electrons. The molecule has 2 aromatic rings. The maximum atomic E-state index is 13.5. The standard InChI is InChI=1S/C25H30Cl3N3O4S/c1-3-23(25(33)29-19-6-4-5-7-19)31(15-17-8-13-21(27)22(28)14-17)24(32)16-30(2)36(34,35)20-11-9-18(26)10-12-20/h8-14,19,23H,3-7,15-16H2,1-2H3,(H,29,33)/t23-/m0/s1. The van der Waals surface area contributed by atoms with Crippen LogP contribution in [0.1, 0.15) is 44.6 Å². The Labute approximate surface area is 227 Å². The molecule has 3 rings (SSSR count). The summed E-state index contributed by atoms with van der Waals surface area (Å²) >= 11 is 18.1. The van der Waals surface area contributed by atoms with Crippen LogP contribution in [0.3, 0.4) is 0 Å². The summed E-state index contributed by atoms with van der Waals surface area (Å²) in [5.74, 6) is -0.754. The third-order valence-electron chi connectivity index (χ3n) is 6.30. The van der Waals surface area contributed by atoms with Crippen molar-refractivity contribution in [1.82, 2.24) is 14.5 Å². The van der Waals surface area contributed by atoms with E-state index in [-0.39, 0.29) is 23.4 Å². The monoisotopic (exact) mass is 573 g/mol. The lowest BCUT2D eigenvalue weighted by molar-refractivity contribution is -0.141. The van der Waals surface area contributed by atoms with E-state index in [0.717, 1.165) is 30.0 Å². The molecule has 7 nitrogen and oxygen atoms in total. The first-order valence-corrected chi connectivity index (χ1v) is 14.4. The Balaban J connectivity index is 1.86. The Morgan fingerprint density at radius 3 is 2.25 bits per heavy atom. The number of likely N-dealkylation sites (N-methyl/N-ethyl adjacent to an activating group) is 1. The van der Waals surface area contributed by atoms with Crippen LogP contribution >= 0.6 is 34.8 Å². The number of sulfonamides is 1. The minimum Gasteiger partial charge on any atom is -0.352 e. The van der Waals surface area contributed by atoms with E-state index >= 15 is 0 Å². The van der Waals surface area contributed by atoms with Crippen LogP contribution in [0.4, 0.5) is 0 Å². The van der Waals surface area contributed by atoms with Crippen molar-refractivity contribution in [3.63, 3.8) is 0 Å². The number of halogens is 3. The fraction of sp³-hybridized carbons (Fsp3) is 0.440. The highest BCUT2D eigenvalue weighted by Crippen LogP contribution is 2.25. The quantitative estimate of drug-likeness (QED) is 0.426. The SMILES string of the molecule is CC[C@@H](C(=O)NC1CCCC1)N(Cc1ccc(Cl)c(Cl)c1)C(=O)CN(C)S(=O)(=O)c1ccc(Cl)cc1. The van der Waals surface area contributed by atoms with Crippen molar-refractivity contribution < 1.29 is 18.0 Å². The first-order chi connectivity index (χ1) is 17.0. The topological polar surface area (TPSA) is 86.8 Å². The summed E-state index contributed by atoms with van der Waals surface area (Å²) < 4.78 is 27.1. The lowest BCUT2D eigenvalue weighted by Gasteiger charge is -2.32. The molecule has 1 aliphatic carbocycles. The Kier molecular flexibility index (Phi) is 10.1. The molecule has 0 spiro atoms. The van der Waals surface area contributed by atoms with E-state index in [1.54, 1.807) is 18.2 Å². The zero-order valence-electron chi connectivity index (χ0n) is 20.2. The Morgan fingerprint density at radius 1 is 1.03 bits per heavy atom. The van der Waals surface area contributed by atoms with Gasteiger partial charge in [0.15, 0.2) is 0 Å². The molecule has 0 radical (unpaired) electrons. The summed E-state index contributed by atoms with van der Waals surface area (Å²) in [6.45, 7) is 1.45. The van der Waals surface area contributed by atoms with Crippen molar-refractivity contribution in [2.24, 2.45) is 0 Å². The van der Waals surface area contributed by atoms with Crippen LogP contribution in [0.2, 0.25) is 15.1 Å². The number of benzene rings is 2. The minimum absolute atomic E-state index is 0.0178. The molecule has 0 aromatic heterocycles. The maximum Gasteiger partial charge on any atom is 0.243 e. The summed E-state index contributed by atoms with van der Waals surface area (Å²) in [4.78, 5) is 28.2. The minimum atomic E-state index is -3.95. The van der Waals surface area contributed by atoms with Gasteiger partial charge in [-0.15, -0.1) is 0 Å². The second kappa shape index (κ2) is 12.6. The molecular formula is C25H30Cl3N3O4S. The van der Waals surface area contributed by atoms with Gasteiger partial charge in [-0.05, 0) is 61.2 Å². The largest absolute Gasteiger partial charge is 0.352 e. The summed E-state index contributed by atoms with van der Waals surface area (Å²) in [6, 6.07) is 10.0. The number of carbonyl (C=O) groups is 2. The lowest BCUT2D eigenvalue weighted by atomic mass is 10.1. The van der Waals surface area contributed by atoms with Crippen LogP contribution in [-0.2, 0) is 26.2 Å². The van der Waals surface area contributed by atoms with Gasteiger partial charge in [-0.2, -0.15) is 4.31 Å². The van der Waals surface area contributed by atoms with Crippen LogP contribution in [0.25, 0.3) is 0 Å². The van der Waals surface area contributed by atoms with E-state index in [4.69, 9.17) is 34.8 Å². The number of nitrogens with zero attached hydrogens (tertiary/aromatic N) is 2. The van der Waals surface area contributed by atoms with E-state index in [0.29, 0.717) is 27.1 Å². The predicted octanol–water partition coefficient (Wildman–Crippen LogP) is 5.13. The smallest absolute Gasteiger partial charge is 0.243 e. The third kappa shape index (κ3) is 7.13. The summed E-state index contributed by atoms with van der Waals surface area (Å²) in [5, 5.41) is 4.16. The van der Waals surface area contributed by atoms with E-state index in [9.17, 15) is 18.0 Å². The van der Waals surface area contributed by atoms with Gasteiger partial charge in [-0.25, -0.2) is 8.42 Å². The molecule has 36 heavy (non-hydrogen) atoms. The third-order valence-corrected chi connectivity index (χ3v) is 9.11. The van der Waals surface area contributed by atoms with E-state index in [1.807, 2.05) is 6.92 Å². The number of hydrogen-bond donors (Lipinski definition) is 1. The molecule has 0 bridgehead atoms. The van der Waals surface area contributed by atoms with Crippen LogP contribution in [0.15, 0.2) is 47.4 Å². The Hall–Kier alpha value is -1.84. The molecule has 2 amide bonds. The molecule has 1 aliphatic rings. The number of rotatable bonds is 10. The van der Waals surface area contributed by atoms with Gasteiger partial charge in [0, 0.05) is 24.7 Å². The zero-order valence-corrected chi connectivity index (χ0v) is 23.3. The predicted molar refractivity (Wildman–Crippen MR) is 143 cm³/mol. The van der Waals surface area contributed by atoms with Crippen LogP contribution in [-0.4, -0.2) is 55.1 Å². The van der Waals surface area contributed by atoms with Crippen molar-refractivity contribution in [1.29, 1.82) is 0 Å². The highest BCUT2D eigenvalue weighted by molar-refractivity contribution is 7.89. The van der Waals surface area contributed by atoms with Gasteiger partial charge >= 0.3 is 0 Å². The number of carbonyl (C=O) groups excluding carboxylic acids is 2. The molecule has 11 heteroatoms. The summed E-state index contributed by atoms with van der Waals surface area (Å²) in [6.07, 6.45) is 4.29. The first kappa shape index (κ1) is 28.7. The average molecular weight is 575 g/mol. The fourth-order valence-electron chi connectivity index (χ4n) is 4.27. The molecule has 1 saturated carbocycles. The van der Waals surface area contributed by atoms with Gasteiger partial charge in [0.2, 0.25) is 21.8 Å². The van der Waals surface area contributed by atoms with Gasteiger partial charge < -0.3 is 10.2 Å². The average Bonchev–Trinajstić information content (AvgIpc) is 3.34. The van der Waals surface area contributed by atoms with E-state index < -0.39 is 28.5 Å². The van der Waals surface area contributed by atoms with Crippen LogP contribution in [0, 0.1) is 0 Å². The van der Waals surface area contributed by atoms with Gasteiger partial charge in [0.05, 0.1) is 21.5 Å². The molecule has 1 N–H and O–H groups in total. The number of hydrogen-bond acceptors (Lipinski definition) is 4. The normalized spacial score (nSPS) is 15.2. The highest BCUT2D eigenvalue weighted by Gasteiger charge is 2.33. The number of amides is 2. The molecule has 0 aliphatic heterocycles. The summed E-state index contributed by atoms with van der Waals surface area (Å²) in [5.41, 5.74) is 0.674. The number of nitrogens with one attached hydrogen (secondary N) is 1. The molecule has 0 saturated heterocycles. The van der Waals surface area contributed by atoms with Crippen molar-refractivity contribution in [2.75, 3.05) is 13.6 Å². The molecule has 0 unspecified atom stereocenters. The van der Waals surface area contributed by atoms with Crippen molar-refractivity contribution in [3.05, 3.63) is 63.1 Å². The Morgan fingerprint density at radius 2 is 1.67 bits per heavy atom. The molecule has 1 atom stereocenters. The molecule has 0 heterocycles. The highest BCUT2D eigenvalue weighted by atomic mass is 35.5. The first-order valence-electron chi connectivity index (χ1n) is 11.8. The van der Waals surface area contributed by atoms with Crippen LogP contribution < -0.4 is 5.32 Å². The van der Waals surface area contributed by atoms with Crippen molar-refractivity contribution in [3.8, 4) is 0 Å². The maximum absolute atomic E-state index is 13.5. The molecule has 2 aromatic carbocycles. The second-order valence-electron chi connectivity index (χ2n) is 8.90. The van der Waals surface area contributed by atoms with Crippen molar-refractivity contribution in [2.45, 2.75) is 62.6 Å².